The van der Waals surface area contributed by atoms with Crippen LogP contribution in [0.1, 0.15) is 44.7 Å². The van der Waals surface area contributed by atoms with E-state index in [1.807, 2.05) is 0 Å². The predicted molar refractivity (Wildman–Crippen MR) is 91.1 cm³/mol. The Hall–Kier alpha value is -2.23. The number of benzene rings is 1. The summed E-state index contributed by atoms with van der Waals surface area (Å²) in [6.07, 6.45) is 5.14. The number of carbonyl (C=O) groups excluding carboxylic acids is 1. The van der Waals surface area contributed by atoms with Crippen LogP contribution in [-0.2, 0) is 17.8 Å². The summed E-state index contributed by atoms with van der Waals surface area (Å²) < 4.78 is 2.29. The third kappa shape index (κ3) is 2.33. The van der Waals surface area contributed by atoms with Crippen LogP contribution < -0.4 is 0 Å². The maximum absolute atomic E-state index is 12.4. The van der Waals surface area contributed by atoms with Crippen LogP contribution in [0.4, 0.5) is 0 Å². The van der Waals surface area contributed by atoms with E-state index in [9.17, 15) is 4.79 Å². The SMILES string of the molecule is CC(C)(C)CC1=C(c2cn3c4c(cccc24)CCC3)C(=O)N=N1. The lowest BCUT2D eigenvalue weighted by atomic mass is 9.88. The van der Waals surface area contributed by atoms with Crippen molar-refractivity contribution in [2.75, 3.05) is 0 Å². The minimum absolute atomic E-state index is 0.0711. The third-order valence-electron chi connectivity index (χ3n) is 4.56. The van der Waals surface area contributed by atoms with Crippen molar-refractivity contribution < 1.29 is 4.79 Å². The third-order valence-corrected chi connectivity index (χ3v) is 4.56. The first-order valence-electron chi connectivity index (χ1n) is 8.24. The molecule has 0 bridgehead atoms. The van der Waals surface area contributed by atoms with E-state index in [2.05, 4.69) is 60.0 Å². The molecule has 0 N–H and O–H groups in total. The molecule has 4 heteroatoms. The number of amides is 1. The Morgan fingerprint density at radius 2 is 2.04 bits per heavy atom. The lowest BCUT2D eigenvalue weighted by Gasteiger charge is -2.17. The lowest BCUT2D eigenvalue weighted by molar-refractivity contribution is -0.112. The highest BCUT2D eigenvalue weighted by Gasteiger charge is 2.29. The van der Waals surface area contributed by atoms with Gasteiger partial charge in [-0.2, -0.15) is 5.11 Å². The molecule has 0 unspecified atom stereocenters. The van der Waals surface area contributed by atoms with E-state index in [0.29, 0.717) is 5.57 Å². The van der Waals surface area contributed by atoms with E-state index in [1.54, 1.807) is 0 Å². The second kappa shape index (κ2) is 4.88. The standard InChI is InChI=1S/C19H21N3O/c1-19(2,3)10-15-16(18(23)21-20-15)14-11-22-9-5-7-12-6-4-8-13(14)17(12)22/h4,6,8,11H,5,7,9-10H2,1-3H3. The maximum atomic E-state index is 12.4. The lowest BCUT2D eigenvalue weighted by Crippen LogP contribution is -2.07. The molecule has 118 valence electrons. The molecule has 0 saturated carbocycles. The zero-order valence-corrected chi connectivity index (χ0v) is 13.9. The number of aromatic nitrogens is 1. The summed E-state index contributed by atoms with van der Waals surface area (Å²) in [6.45, 7) is 7.49. The van der Waals surface area contributed by atoms with Gasteiger partial charge in [-0.3, -0.25) is 4.79 Å². The van der Waals surface area contributed by atoms with Crippen LogP contribution in [-0.4, -0.2) is 10.5 Å². The molecule has 1 aromatic heterocycles. The topological polar surface area (TPSA) is 46.7 Å². The number of allylic oxidation sites excluding steroid dienone is 1. The Labute approximate surface area is 135 Å². The summed E-state index contributed by atoms with van der Waals surface area (Å²) >= 11 is 0. The fraction of sp³-hybridized carbons (Fsp3) is 0.421. The van der Waals surface area contributed by atoms with Crippen LogP contribution in [0.15, 0.2) is 40.3 Å². The molecule has 0 spiro atoms. The van der Waals surface area contributed by atoms with Gasteiger partial charge in [0, 0.05) is 23.7 Å². The fourth-order valence-corrected chi connectivity index (χ4v) is 3.68. The molecule has 1 aromatic carbocycles. The smallest absolute Gasteiger partial charge is 0.297 e. The summed E-state index contributed by atoms with van der Waals surface area (Å²) in [5, 5.41) is 9.18. The number of aryl methyl sites for hydroxylation is 2. The molecule has 23 heavy (non-hydrogen) atoms. The fourth-order valence-electron chi connectivity index (χ4n) is 3.68. The molecule has 0 radical (unpaired) electrons. The average molecular weight is 307 g/mol. The molecular weight excluding hydrogens is 286 g/mol. The Bertz CT molecular complexity index is 878. The molecule has 1 amide bonds. The van der Waals surface area contributed by atoms with E-state index >= 15 is 0 Å². The summed E-state index contributed by atoms with van der Waals surface area (Å²) in [4.78, 5) is 12.4. The van der Waals surface area contributed by atoms with Crippen molar-refractivity contribution in [3.63, 3.8) is 0 Å². The van der Waals surface area contributed by atoms with Crippen molar-refractivity contribution in [2.45, 2.75) is 46.6 Å². The van der Waals surface area contributed by atoms with Crippen molar-refractivity contribution in [3.8, 4) is 0 Å². The van der Waals surface area contributed by atoms with Gasteiger partial charge in [-0.05, 0) is 30.2 Å². The first kappa shape index (κ1) is 14.4. The maximum Gasteiger partial charge on any atom is 0.297 e. The van der Waals surface area contributed by atoms with E-state index in [4.69, 9.17) is 0 Å². The molecule has 0 atom stereocenters. The first-order chi connectivity index (χ1) is 10.9. The van der Waals surface area contributed by atoms with E-state index < -0.39 is 0 Å². The van der Waals surface area contributed by atoms with Crippen LogP contribution in [0, 0.1) is 5.41 Å². The summed E-state index contributed by atoms with van der Waals surface area (Å²) in [5.74, 6) is -0.201. The second-order valence-electron chi connectivity index (χ2n) is 7.72. The predicted octanol–water partition coefficient (Wildman–Crippen LogP) is 4.73. The van der Waals surface area contributed by atoms with Crippen molar-refractivity contribution in [1.29, 1.82) is 0 Å². The monoisotopic (exact) mass is 307 g/mol. The molecule has 2 aliphatic rings. The molecule has 0 fully saturated rings. The Kier molecular flexibility index (Phi) is 3.05. The van der Waals surface area contributed by atoms with Crippen LogP contribution >= 0.6 is 0 Å². The number of hydrogen-bond donors (Lipinski definition) is 0. The normalized spacial score (nSPS) is 17.6. The molecule has 2 aliphatic heterocycles. The van der Waals surface area contributed by atoms with Crippen molar-refractivity contribution in [1.82, 2.24) is 4.57 Å². The van der Waals surface area contributed by atoms with Crippen LogP contribution in [0.3, 0.4) is 0 Å². The van der Waals surface area contributed by atoms with Crippen LogP contribution in [0.25, 0.3) is 16.5 Å². The molecule has 4 rings (SSSR count). The quantitative estimate of drug-likeness (QED) is 0.791. The summed E-state index contributed by atoms with van der Waals surface area (Å²) in [7, 11) is 0. The van der Waals surface area contributed by atoms with Gasteiger partial charge in [0.25, 0.3) is 5.91 Å². The van der Waals surface area contributed by atoms with Gasteiger partial charge >= 0.3 is 0 Å². The highest BCUT2D eigenvalue weighted by atomic mass is 16.2. The average Bonchev–Trinajstić information content (AvgIpc) is 3.01. The number of para-hydroxylation sites is 1. The Morgan fingerprint density at radius 3 is 2.83 bits per heavy atom. The van der Waals surface area contributed by atoms with Crippen LogP contribution in [0.5, 0.6) is 0 Å². The second-order valence-corrected chi connectivity index (χ2v) is 7.72. The highest BCUT2D eigenvalue weighted by Crippen LogP contribution is 2.39. The van der Waals surface area contributed by atoms with Crippen molar-refractivity contribution in [2.24, 2.45) is 15.6 Å². The number of azo groups is 1. The Balaban J connectivity index is 1.94. The van der Waals surface area contributed by atoms with E-state index in [0.717, 1.165) is 42.5 Å². The highest BCUT2D eigenvalue weighted by molar-refractivity contribution is 6.25. The summed E-state index contributed by atoms with van der Waals surface area (Å²) in [6, 6.07) is 6.40. The number of hydrogen-bond acceptors (Lipinski definition) is 2. The number of rotatable bonds is 2. The molecule has 2 aromatic rings. The van der Waals surface area contributed by atoms with Gasteiger partial charge in [0.1, 0.15) is 0 Å². The van der Waals surface area contributed by atoms with Gasteiger partial charge in [0.15, 0.2) is 0 Å². The van der Waals surface area contributed by atoms with Gasteiger partial charge in [-0.1, -0.05) is 39.0 Å². The van der Waals surface area contributed by atoms with Gasteiger partial charge in [0.2, 0.25) is 0 Å². The number of nitrogens with zero attached hydrogens (tertiary/aromatic N) is 3. The van der Waals surface area contributed by atoms with Gasteiger partial charge < -0.3 is 4.57 Å². The zero-order chi connectivity index (χ0) is 16.2. The first-order valence-corrected chi connectivity index (χ1v) is 8.24. The van der Waals surface area contributed by atoms with E-state index in [1.165, 1.54) is 11.1 Å². The van der Waals surface area contributed by atoms with Gasteiger partial charge in [-0.25, -0.2) is 0 Å². The van der Waals surface area contributed by atoms with Gasteiger partial charge in [0.05, 0.1) is 16.8 Å². The zero-order valence-electron chi connectivity index (χ0n) is 13.9. The minimum atomic E-state index is -0.201. The Morgan fingerprint density at radius 1 is 1.22 bits per heavy atom. The molecule has 0 saturated heterocycles. The van der Waals surface area contributed by atoms with Crippen LogP contribution in [0.2, 0.25) is 0 Å². The minimum Gasteiger partial charge on any atom is -0.347 e. The van der Waals surface area contributed by atoms with Gasteiger partial charge in [-0.15, -0.1) is 5.11 Å². The molecule has 3 heterocycles. The van der Waals surface area contributed by atoms with Crippen molar-refractivity contribution in [3.05, 3.63) is 41.2 Å². The molecular formula is C19H21N3O. The van der Waals surface area contributed by atoms with E-state index in [-0.39, 0.29) is 11.3 Å². The number of carbonyl (C=O) groups is 1. The molecule has 4 nitrogen and oxygen atoms in total. The molecule has 0 aliphatic carbocycles. The largest absolute Gasteiger partial charge is 0.347 e. The summed E-state index contributed by atoms with van der Waals surface area (Å²) in [5.41, 5.74) is 5.24. The van der Waals surface area contributed by atoms with Crippen molar-refractivity contribution >= 4 is 22.4 Å².